The van der Waals surface area contributed by atoms with E-state index in [0.717, 1.165) is 31.6 Å². The quantitative estimate of drug-likeness (QED) is 0.813. The van der Waals surface area contributed by atoms with Crippen molar-refractivity contribution in [3.8, 4) is 0 Å². The minimum atomic E-state index is 0.216. The average molecular weight is 253 g/mol. The van der Waals surface area contributed by atoms with Crippen molar-refractivity contribution in [1.29, 1.82) is 0 Å². The molecule has 2 rings (SSSR count). The molecule has 1 aromatic rings. The highest BCUT2D eigenvalue weighted by Crippen LogP contribution is 2.15. The molecule has 1 saturated heterocycles. The summed E-state index contributed by atoms with van der Waals surface area (Å²) in [6, 6.07) is 0.623. The number of carbonyl (C=O) groups is 1. The van der Waals surface area contributed by atoms with E-state index in [0.29, 0.717) is 12.5 Å². The lowest BCUT2D eigenvalue weighted by Gasteiger charge is -2.35. The first-order chi connectivity index (χ1) is 8.16. The zero-order valence-corrected chi connectivity index (χ0v) is 11.2. The van der Waals surface area contributed by atoms with Crippen LogP contribution in [0.4, 0.5) is 0 Å². The fourth-order valence-electron chi connectivity index (χ4n) is 2.22. The maximum atomic E-state index is 12.0. The van der Waals surface area contributed by atoms with Crippen LogP contribution in [-0.4, -0.2) is 53.9 Å². The number of likely N-dealkylation sites (tertiary alicyclic amines) is 1. The van der Waals surface area contributed by atoms with Gasteiger partial charge in [0, 0.05) is 24.5 Å². The van der Waals surface area contributed by atoms with Gasteiger partial charge in [-0.3, -0.25) is 4.79 Å². The summed E-state index contributed by atoms with van der Waals surface area (Å²) in [5, 5.41) is 1.95. The summed E-state index contributed by atoms with van der Waals surface area (Å²) in [5.41, 5.74) is 2.68. The second kappa shape index (κ2) is 5.60. The van der Waals surface area contributed by atoms with Crippen LogP contribution < -0.4 is 0 Å². The molecule has 1 aliphatic heterocycles. The number of aromatic nitrogens is 1. The van der Waals surface area contributed by atoms with Crippen LogP contribution in [-0.2, 0) is 11.2 Å². The molecule has 17 heavy (non-hydrogen) atoms. The minimum Gasteiger partial charge on any atom is -0.342 e. The maximum Gasteiger partial charge on any atom is 0.228 e. The first-order valence-electron chi connectivity index (χ1n) is 5.98. The molecular formula is C12H19N3OS. The lowest BCUT2D eigenvalue weighted by Crippen LogP contribution is -2.45. The highest BCUT2D eigenvalue weighted by atomic mass is 32.1. The minimum absolute atomic E-state index is 0.216. The highest BCUT2D eigenvalue weighted by molar-refractivity contribution is 7.07. The van der Waals surface area contributed by atoms with Crippen molar-refractivity contribution >= 4 is 17.2 Å². The normalized spacial score (nSPS) is 17.7. The molecule has 0 spiro atoms. The Morgan fingerprint density at radius 3 is 2.76 bits per heavy atom. The number of nitrogens with zero attached hydrogens (tertiary/aromatic N) is 3. The van der Waals surface area contributed by atoms with Gasteiger partial charge in [-0.25, -0.2) is 4.98 Å². The predicted molar refractivity (Wildman–Crippen MR) is 69.1 cm³/mol. The zero-order valence-electron chi connectivity index (χ0n) is 10.4. The Balaban J connectivity index is 1.82. The van der Waals surface area contributed by atoms with Crippen LogP contribution in [0.3, 0.4) is 0 Å². The first-order valence-corrected chi connectivity index (χ1v) is 6.92. The van der Waals surface area contributed by atoms with E-state index in [1.807, 2.05) is 10.3 Å². The molecule has 0 unspecified atom stereocenters. The molecule has 0 aromatic carbocycles. The van der Waals surface area contributed by atoms with Gasteiger partial charge in [-0.15, -0.1) is 11.3 Å². The number of hydrogen-bond donors (Lipinski definition) is 0. The van der Waals surface area contributed by atoms with Gasteiger partial charge < -0.3 is 9.80 Å². The SMILES string of the molecule is CN(C)C1CCN(C(=O)Cc2cscn2)CC1. The van der Waals surface area contributed by atoms with Crippen LogP contribution in [0.15, 0.2) is 10.9 Å². The summed E-state index contributed by atoms with van der Waals surface area (Å²) in [7, 11) is 4.22. The molecule has 5 heteroatoms. The number of rotatable bonds is 3. The van der Waals surface area contributed by atoms with Gasteiger partial charge in [-0.2, -0.15) is 0 Å². The molecule has 2 heterocycles. The van der Waals surface area contributed by atoms with Crippen molar-refractivity contribution in [2.24, 2.45) is 0 Å². The monoisotopic (exact) mass is 253 g/mol. The predicted octanol–water partition coefficient (Wildman–Crippen LogP) is 1.24. The molecule has 0 atom stereocenters. The second-order valence-electron chi connectivity index (χ2n) is 4.73. The number of hydrogen-bond acceptors (Lipinski definition) is 4. The molecule has 0 saturated carbocycles. The summed E-state index contributed by atoms with van der Waals surface area (Å²) >= 11 is 1.54. The van der Waals surface area contributed by atoms with Gasteiger partial charge in [0.25, 0.3) is 0 Å². The topological polar surface area (TPSA) is 36.4 Å². The summed E-state index contributed by atoms with van der Waals surface area (Å²) in [5.74, 6) is 0.216. The smallest absolute Gasteiger partial charge is 0.228 e. The molecule has 0 N–H and O–H groups in total. The van der Waals surface area contributed by atoms with Crippen LogP contribution >= 0.6 is 11.3 Å². The van der Waals surface area contributed by atoms with E-state index in [1.165, 1.54) is 0 Å². The Morgan fingerprint density at radius 2 is 2.24 bits per heavy atom. The van der Waals surface area contributed by atoms with Gasteiger partial charge >= 0.3 is 0 Å². The fourth-order valence-corrected chi connectivity index (χ4v) is 2.78. The zero-order chi connectivity index (χ0) is 12.3. The standard InChI is InChI=1S/C12H19N3OS/c1-14(2)11-3-5-15(6-4-11)12(16)7-10-8-17-9-13-10/h8-9,11H,3-7H2,1-2H3. The Hall–Kier alpha value is -0.940. The van der Waals surface area contributed by atoms with Crippen LogP contribution in [0.1, 0.15) is 18.5 Å². The van der Waals surface area contributed by atoms with Crippen molar-refractivity contribution < 1.29 is 4.79 Å². The van der Waals surface area contributed by atoms with Crippen molar-refractivity contribution in [3.63, 3.8) is 0 Å². The van der Waals surface area contributed by atoms with Gasteiger partial charge in [0.05, 0.1) is 17.6 Å². The van der Waals surface area contributed by atoms with E-state index in [1.54, 1.807) is 16.8 Å². The number of thiazole rings is 1. The van der Waals surface area contributed by atoms with Gasteiger partial charge in [0.2, 0.25) is 5.91 Å². The van der Waals surface area contributed by atoms with Crippen molar-refractivity contribution in [1.82, 2.24) is 14.8 Å². The highest BCUT2D eigenvalue weighted by Gasteiger charge is 2.23. The maximum absolute atomic E-state index is 12.0. The number of amides is 1. The largest absolute Gasteiger partial charge is 0.342 e. The Bertz CT molecular complexity index is 356. The second-order valence-corrected chi connectivity index (χ2v) is 5.45. The lowest BCUT2D eigenvalue weighted by atomic mass is 10.0. The van der Waals surface area contributed by atoms with E-state index in [9.17, 15) is 4.79 Å². The number of piperidine rings is 1. The Morgan fingerprint density at radius 1 is 1.53 bits per heavy atom. The van der Waals surface area contributed by atoms with Crippen LogP contribution in [0.2, 0.25) is 0 Å². The average Bonchev–Trinajstić information content (AvgIpc) is 2.82. The van der Waals surface area contributed by atoms with Gasteiger partial charge in [0.15, 0.2) is 0 Å². The summed E-state index contributed by atoms with van der Waals surface area (Å²) in [6.45, 7) is 1.76. The third-order valence-corrected chi connectivity index (χ3v) is 4.00. The van der Waals surface area contributed by atoms with Gasteiger partial charge in [-0.1, -0.05) is 0 Å². The van der Waals surface area contributed by atoms with Crippen molar-refractivity contribution in [2.75, 3.05) is 27.2 Å². The third-order valence-electron chi connectivity index (χ3n) is 3.36. The summed E-state index contributed by atoms with van der Waals surface area (Å²) in [4.78, 5) is 20.4. The van der Waals surface area contributed by atoms with Crippen LogP contribution in [0.25, 0.3) is 0 Å². The first kappa shape index (κ1) is 12.5. The molecule has 0 bridgehead atoms. The Kier molecular flexibility index (Phi) is 4.12. The molecule has 0 aliphatic carbocycles. The van der Waals surface area contributed by atoms with Gasteiger partial charge in [-0.05, 0) is 26.9 Å². The van der Waals surface area contributed by atoms with E-state index in [2.05, 4.69) is 24.0 Å². The van der Waals surface area contributed by atoms with Crippen molar-refractivity contribution in [3.05, 3.63) is 16.6 Å². The lowest BCUT2D eigenvalue weighted by molar-refractivity contribution is -0.132. The third kappa shape index (κ3) is 3.26. The van der Waals surface area contributed by atoms with Gasteiger partial charge in [0.1, 0.15) is 0 Å². The van der Waals surface area contributed by atoms with E-state index in [-0.39, 0.29) is 5.91 Å². The molecule has 0 radical (unpaired) electrons. The molecule has 4 nitrogen and oxygen atoms in total. The Labute approximate surface area is 106 Å². The molecule has 1 amide bonds. The summed E-state index contributed by atoms with van der Waals surface area (Å²) in [6.07, 6.45) is 2.61. The van der Waals surface area contributed by atoms with Crippen LogP contribution in [0.5, 0.6) is 0 Å². The van der Waals surface area contributed by atoms with Crippen molar-refractivity contribution in [2.45, 2.75) is 25.3 Å². The molecular weight excluding hydrogens is 234 g/mol. The molecule has 1 fully saturated rings. The summed E-state index contributed by atoms with van der Waals surface area (Å²) < 4.78 is 0. The van der Waals surface area contributed by atoms with E-state index >= 15 is 0 Å². The van der Waals surface area contributed by atoms with Crippen LogP contribution in [0, 0.1) is 0 Å². The van der Waals surface area contributed by atoms with E-state index in [4.69, 9.17) is 0 Å². The molecule has 1 aromatic heterocycles. The molecule has 94 valence electrons. The van der Waals surface area contributed by atoms with E-state index < -0.39 is 0 Å². The number of carbonyl (C=O) groups excluding carboxylic acids is 1. The molecule has 1 aliphatic rings. The fraction of sp³-hybridized carbons (Fsp3) is 0.667.